The first kappa shape index (κ1) is 14.2. The summed E-state index contributed by atoms with van der Waals surface area (Å²) in [4.78, 5) is 22.8. The van der Waals surface area contributed by atoms with Gasteiger partial charge < -0.3 is 9.47 Å². The predicted octanol–water partition coefficient (Wildman–Crippen LogP) is 2.63. The number of rotatable bonds is 6. The second-order valence-corrected chi connectivity index (χ2v) is 3.92. The Morgan fingerprint density at radius 2 is 1.83 bits per heavy atom. The van der Waals surface area contributed by atoms with Crippen LogP contribution in [0, 0.1) is 0 Å². The Morgan fingerprint density at radius 1 is 1.17 bits per heavy atom. The standard InChI is InChI=1S/C14H18O4/c1-3-7-13(15)18-12(10-14(16)17-2)11-8-5-4-6-9-11/h4-6,8-9,12H,3,7,10H2,1-2H3. The summed E-state index contributed by atoms with van der Waals surface area (Å²) in [5, 5.41) is 0. The van der Waals surface area contributed by atoms with Crippen molar-refractivity contribution in [1.29, 1.82) is 0 Å². The first-order valence-corrected chi connectivity index (χ1v) is 5.98. The molecule has 0 radical (unpaired) electrons. The summed E-state index contributed by atoms with van der Waals surface area (Å²) >= 11 is 0. The van der Waals surface area contributed by atoms with Crippen molar-refractivity contribution in [2.24, 2.45) is 0 Å². The van der Waals surface area contributed by atoms with Crippen LogP contribution in [0.4, 0.5) is 0 Å². The van der Waals surface area contributed by atoms with Gasteiger partial charge in [-0.05, 0) is 12.0 Å². The molecule has 0 amide bonds. The minimum Gasteiger partial charge on any atom is -0.469 e. The van der Waals surface area contributed by atoms with Crippen molar-refractivity contribution in [2.45, 2.75) is 32.3 Å². The van der Waals surface area contributed by atoms with Gasteiger partial charge in [0.15, 0.2) is 0 Å². The first-order valence-electron chi connectivity index (χ1n) is 5.98. The Balaban J connectivity index is 2.75. The molecule has 0 saturated carbocycles. The molecule has 0 spiro atoms. The maximum Gasteiger partial charge on any atom is 0.309 e. The van der Waals surface area contributed by atoms with E-state index in [0.29, 0.717) is 6.42 Å². The van der Waals surface area contributed by atoms with Crippen LogP contribution in [0.1, 0.15) is 37.9 Å². The molecule has 0 fully saturated rings. The number of carbonyl (C=O) groups is 2. The Bertz CT molecular complexity index is 386. The lowest BCUT2D eigenvalue weighted by Gasteiger charge is -2.17. The Kier molecular flexibility index (Phi) is 5.91. The quantitative estimate of drug-likeness (QED) is 0.728. The average Bonchev–Trinajstić information content (AvgIpc) is 2.39. The summed E-state index contributed by atoms with van der Waals surface area (Å²) in [7, 11) is 1.32. The number of esters is 2. The van der Waals surface area contributed by atoms with Crippen LogP contribution >= 0.6 is 0 Å². The highest BCUT2D eigenvalue weighted by Gasteiger charge is 2.20. The lowest BCUT2D eigenvalue weighted by Crippen LogP contribution is -2.15. The van der Waals surface area contributed by atoms with Crippen molar-refractivity contribution in [3.05, 3.63) is 35.9 Å². The fraction of sp³-hybridized carbons (Fsp3) is 0.429. The van der Waals surface area contributed by atoms with E-state index in [4.69, 9.17) is 4.74 Å². The molecule has 1 rings (SSSR count). The van der Waals surface area contributed by atoms with Gasteiger partial charge in [-0.15, -0.1) is 0 Å². The normalized spacial score (nSPS) is 11.7. The zero-order valence-corrected chi connectivity index (χ0v) is 10.7. The number of hydrogen-bond donors (Lipinski definition) is 0. The van der Waals surface area contributed by atoms with Crippen molar-refractivity contribution < 1.29 is 19.1 Å². The summed E-state index contributed by atoms with van der Waals surface area (Å²) in [6, 6.07) is 9.20. The van der Waals surface area contributed by atoms with Crippen LogP contribution in [0.15, 0.2) is 30.3 Å². The van der Waals surface area contributed by atoms with Gasteiger partial charge in [0.1, 0.15) is 6.10 Å². The molecule has 0 aliphatic rings. The van der Waals surface area contributed by atoms with E-state index >= 15 is 0 Å². The fourth-order valence-corrected chi connectivity index (χ4v) is 1.55. The van der Waals surface area contributed by atoms with Crippen molar-refractivity contribution in [3.8, 4) is 0 Å². The average molecular weight is 250 g/mol. The number of carbonyl (C=O) groups excluding carboxylic acids is 2. The van der Waals surface area contributed by atoms with Crippen LogP contribution in [-0.2, 0) is 19.1 Å². The van der Waals surface area contributed by atoms with E-state index in [1.165, 1.54) is 7.11 Å². The van der Waals surface area contributed by atoms with Gasteiger partial charge in [-0.3, -0.25) is 9.59 Å². The van der Waals surface area contributed by atoms with Crippen molar-refractivity contribution in [1.82, 2.24) is 0 Å². The Labute approximate surface area is 107 Å². The van der Waals surface area contributed by atoms with Crippen molar-refractivity contribution in [2.75, 3.05) is 7.11 Å². The summed E-state index contributed by atoms with van der Waals surface area (Å²) in [6.45, 7) is 1.90. The molecule has 1 aromatic carbocycles. The SMILES string of the molecule is CCCC(=O)OC(CC(=O)OC)c1ccccc1. The molecule has 1 unspecified atom stereocenters. The largest absolute Gasteiger partial charge is 0.469 e. The van der Waals surface area contributed by atoms with E-state index in [1.54, 1.807) is 0 Å². The van der Waals surface area contributed by atoms with Gasteiger partial charge >= 0.3 is 11.9 Å². The molecular weight excluding hydrogens is 232 g/mol. The smallest absolute Gasteiger partial charge is 0.309 e. The third-order valence-corrected chi connectivity index (χ3v) is 2.48. The van der Waals surface area contributed by atoms with E-state index in [0.717, 1.165) is 12.0 Å². The van der Waals surface area contributed by atoms with Gasteiger partial charge in [0.2, 0.25) is 0 Å². The maximum atomic E-state index is 11.5. The summed E-state index contributed by atoms with van der Waals surface area (Å²) in [6.07, 6.45) is 0.539. The molecular formula is C14H18O4. The highest BCUT2D eigenvalue weighted by Crippen LogP contribution is 2.22. The minimum atomic E-state index is -0.572. The van der Waals surface area contributed by atoms with Gasteiger partial charge in [-0.1, -0.05) is 37.3 Å². The summed E-state index contributed by atoms with van der Waals surface area (Å²) in [5.41, 5.74) is 0.798. The van der Waals surface area contributed by atoms with Crippen molar-refractivity contribution >= 4 is 11.9 Å². The molecule has 98 valence electrons. The predicted molar refractivity (Wildman–Crippen MR) is 66.8 cm³/mol. The Hall–Kier alpha value is -1.84. The zero-order valence-electron chi connectivity index (χ0n) is 10.7. The van der Waals surface area contributed by atoms with Gasteiger partial charge in [0, 0.05) is 6.42 Å². The van der Waals surface area contributed by atoms with Crippen LogP contribution in [0.3, 0.4) is 0 Å². The van der Waals surface area contributed by atoms with Gasteiger partial charge in [0.05, 0.1) is 13.5 Å². The third-order valence-electron chi connectivity index (χ3n) is 2.48. The molecule has 0 aliphatic heterocycles. The monoisotopic (exact) mass is 250 g/mol. The second kappa shape index (κ2) is 7.48. The highest BCUT2D eigenvalue weighted by molar-refractivity contribution is 5.72. The lowest BCUT2D eigenvalue weighted by atomic mass is 10.1. The topological polar surface area (TPSA) is 52.6 Å². The molecule has 4 nitrogen and oxygen atoms in total. The van der Waals surface area contributed by atoms with Crippen LogP contribution < -0.4 is 0 Å². The van der Waals surface area contributed by atoms with Crippen LogP contribution in [0.25, 0.3) is 0 Å². The van der Waals surface area contributed by atoms with Crippen LogP contribution in [0.2, 0.25) is 0 Å². The molecule has 0 saturated heterocycles. The lowest BCUT2D eigenvalue weighted by molar-refractivity contribution is -0.154. The van der Waals surface area contributed by atoms with Gasteiger partial charge in [0.25, 0.3) is 0 Å². The molecule has 0 N–H and O–H groups in total. The number of methoxy groups -OCH3 is 1. The van der Waals surface area contributed by atoms with E-state index in [-0.39, 0.29) is 12.4 Å². The van der Waals surface area contributed by atoms with E-state index in [2.05, 4.69) is 4.74 Å². The zero-order chi connectivity index (χ0) is 13.4. The molecule has 1 aromatic rings. The maximum absolute atomic E-state index is 11.5. The van der Waals surface area contributed by atoms with Gasteiger partial charge in [-0.2, -0.15) is 0 Å². The summed E-state index contributed by atoms with van der Waals surface area (Å²) < 4.78 is 9.92. The second-order valence-electron chi connectivity index (χ2n) is 3.92. The number of benzene rings is 1. The molecule has 4 heteroatoms. The molecule has 0 aromatic heterocycles. The summed E-state index contributed by atoms with van der Waals surface area (Å²) in [5.74, 6) is -0.691. The highest BCUT2D eigenvalue weighted by atomic mass is 16.6. The van der Waals surface area contributed by atoms with Crippen LogP contribution in [-0.4, -0.2) is 19.0 Å². The molecule has 18 heavy (non-hydrogen) atoms. The number of hydrogen-bond acceptors (Lipinski definition) is 4. The van der Waals surface area contributed by atoms with Gasteiger partial charge in [-0.25, -0.2) is 0 Å². The van der Waals surface area contributed by atoms with E-state index in [9.17, 15) is 9.59 Å². The van der Waals surface area contributed by atoms with E-state index < -0.39 is 12.1 Å². The first-order chi connectivity index (χ1) is 8.67. The Morgan fingerprint density at radius 3 is 2.39 bits per heavy atom. The molecule has 0 aliphatic carbocycles. The molecule has 1 atom stereocenters. The fourth-order valence-electron chi connectivity index (χ4n) is 1.55. The van der Waals surface area contributed by atoms with E-state index in [1.807, 2.05) is 37.3 Å². The third kappa shape index (κ3) is 4.57. The minimum absolute atomic E-state index is 0.0377. The molecule has 0 bridgehead atoms. The van der Waals surface area contributed by atoms with Crippen molar-refractivity contribution in [3.63, 3.8) is 0 Å². The number of ether oxygens (including phenoxy) is 2. The molecule has 0 heterocycles. The van der Waals surface area contributed by atoms with Crippen LogP contribution in [0.5, 0.6) is 0 Å².